The highest BCUT2D eigenvalue weighted by Gasteiger charge is 2.17. The Labute approximate surface area is 164 Å². The fraction of sp³-hybridized carbons (Fsp3) is 0.167. The number of H-pyrrole nitrogens is 1. The number of aromatic amines is 1. The van der Waals surface area contributed by atoms with Crippen molar-refractivity contribution in [3.05, 3.63) is 65.2 Å². The van der Waals surface area contributed by atoms with E-state index in [1.54, 1.807) is 37.3 Å². The lowest BCUT2D eigenvalue weighted by atomic mass is 10.3. The van der Waals surface area contributed by atoms with E-state index in [0.29, 0.717) is 27.4 Å². The van der Waals surface area contributed by atoms with E-state index in [0.717, 1.165) is 0 Å². The van der Waals surface area contributed by atoms with Crippen LogP contribution in [-0.2, 0) is 11.4 Å². The number of thioether (sulfide) groups is 1. The van der Waals surface area contributed by atoms with Crippen molar-refractivity contribution in [3.63, 3.8) is 0 Å². The maximum atomic E-state index is 13.2. The van der Waals surface area contributed by atoms with Gasteiger partial charge in [0, 0.05) is 10.7 Å². The van der Waals surface area contributed by atoms with Crippen molar-refractivity contribution in [2.45, 2.75) is 23.9 Å². The zero-order valence-corrected chi connectivity index (χ0v) is 15.9. The second-order valence-electron chi connectivity index (χ2n) is 5.57. The number of aromatic nitrogens is 3. The minimum Gasteiger partial charge on any atom is -0.486 e. The fourth-order valence-corrected chi connectivity index (χ4v) is 2.97. The Kier molecular flexibility index (Phi) is 6.31. The summed E-state index contributed by atoms with van der Waals surface area (Å²) in [6.45, 7) is 1.93. The molecule has 0 aliphatic heterocycles. The first-order chi connectivity index (χ1) is 13.0. The van der Waals surface area contributed by atoms with Crippen LogP contribution in [0.3, 0.4) is 0 Å². The monoisotopic (exact) mass is 406 g/mol. The Hall–Kier alpha value is -2.58. The summed E-state index contributed by atoms with van der Waals surface area (Å²) in [5.74, 6) is 0.514. The van der Waals surface area contributed by atoms with Crippen LogP contribution in [0, 0.1) is 5.82 Å². The number of rotatable bonds is 7. The van der Waals surface area contributed by atoms with Gasteiger partial charge in [-0.05, 0) is 49.4 Å². The molecular weight excluding hydrogens is 391 g/mol. The predicted octanol–water partition coefficient (Wildman–Crippen LogP) is 4.30. The summed E-state index contributed by atoms with van der Waals surface area (Å²) in [4.78, 5) is 16.5. The molecule has 140 valence electrons. The number of carbonyl (C=O) groups is 1. The van der Waals surface area contributed by atoms with Crippen LogP contribution < -0.4 is 10.1 Å². The molecule has 1 atom stereocenters. The summed E-state index contributed by atoms with van der Waals surface area (Å²) in [7, 11) is 0. The van der Waals surface area contributed by atoms with Crippen LogP contribution >= 0.6 is 23.4 Å². The Morgan fingerprint density at radius 3 is 2.85 bits per heavy atom. The lowest BCUT2D eigenvalue weighted by molar-refractivity contribution is -0.115. The number of halogens is 2. The molecular formula is C18H16ClFN4O2S. The van der Waals surface area contributed by atoms with Gasteiger partial charge >= 0.3 is 0 Å². The maximum Gasteiger partial charge on any atom is 0.237 e. The zero-order valence-electron chi connectivity index (χ0n) is 14.3. The van der Waals surface area contributed by atoms with Crippen LogP contribution in [0.25, 0.3) is 0 Å². The lowest BCUT2D eigenvalue weighted by Gasteiger charge is -2.10. The van der Waals surface area contributed by atoms with Crippen LogP contribution in [0.4, 0.5) is 10.1 Å². The van der Waals surface area contributed by atoms with E-state index in [4.69, 9.17) is 16.3 Å². The van der Waals surface area contributed by atoms with Crippen molar-refractivity contribution < 1.29 is 13.9 Å². The van der Waals surface area contributed by atoms with Gasteiger partial charge in [0.25, 0.3) is 0 Å². The molecule has 0 fully saturated rings. The average molecular weight is 407 g/mol. The van der Waals surface area contributed by atoms with Crippen molar-refractivity contribution in [1.29, 1.82) is 0 Å². The third-order valence-corrected chi connectivity index (χ3v) is 4.66. The van der Waals surface area contributed by atoms with Gasteiger partial charge in [-0.3, -0.25) is 9.89 Å². The Morgan fingerprint density at radius 2 is 2.11 bits per heavy atom. The number of nitrogens with one attached hydrogen (secondary N) is 2. The molecule has 0 saturated heterocycles. The van der Waals surface area contributed by atoms with Crippen LogP contribution in [0.5, 0.6) is 5.75 Å². The van der Waals surface area contributed by atoms with Gasteiger partial charge in [-0.15, -0.1) is 5.10 Å². The topological polar surface area (TPSA) is 79.9 Å². The standard InChI is InChI=1S/C18H16ClFN4O2S/c1-11(17(25)21-14-4-2-3-13(20)9-14)27-18-22-16(23-24-18)10-26-15-7-5-12(19)6-8-15/h2-9,11H,10H2,1H3,(H,21,25)(H,22,23,24). The molecule has 1 heterocycles. The first-order valence-electron chi connectivity index (χ1n) is 8.02. The third-order valence-electron chi connectivity index (χ3n) is 3.44. The molecule has 0 radical (unpaired) electrons. The molecule has 0 saturated carbocycles. The van der Waals surface area contributed by atoms with E-state index in [1.807, 2.05) is 0 Å². The van der Waals surface area contributed by atoms with Gasteiger partial charge in [0.15, 0.2) is 5.82 Å². The van der Waals surface area contributed by atoms with Gasteiger partial charge in [0.2, 0.25) is 11.1 Å². The fourth-order valence-electron chi connectivity index (χ4n) is 2.10. The van der Waals surface area contributed by atoms with Gasteiger partial charge in [-0.2, -0.15) is 0 Å². The van der Waals surface area contributed by atoms with Crippen LogP contribution in [0.2, 0.25) is 5.02 Å². The van der Waals surface area contributed by atoms with Crippen molar-refractivity contribution in [2.24, 2.45) is 0 Å². The summed E-state index contributed by atoms with van der Waals surface area (Å²) >= 11 is 7.01. The number of benzene rings is 2. The lowest BCUT2D eigenvalue weighted by Crippen LogP contribution is -2.22. The first kappa shape index (κ1) is 19.2. The average Bonchev–Trinajstić information content (AvgIpc) is 3.08. The van der Waals surface area contributed by atoms with E-state index in [1.165, 1.54) is 30.0 Å². The first-order valence-corrected chi connectivity index (χ1v) is 9.28. The van der Waals surface area contributed by atoms with Gasteiger partial charge in [-0.1, -0.05) is 29.4 Å². The van der Waals surface area contributed by atoms with E-state index in [2.05, 4.69) is 20.5 Å². The minimum atomic E-state index is -0.464. The minimum absolute atomic E-state index is 0.207. The Bertz CT molecular complexity index is 920. The zero-order chi connectivity index (χ0) is 19.2. The smallest absolute Gasteiger partial charge is 0.237 e. The van der Waals surface area contributed by atoms with E-state index in [9.17, 15) is 9.18 Å². The van der Waals surface area contributed by atoms with Crippen molar-refractivity contribution >= 4 is 35.0 Å². The summed E-state index contributed by atoms with van der Waals surface area (Å²) in [5, 5.41) is 10.1. The highest BCUT2D eigenvalue weighted by Crippen LogP contribution is 2.21. The molecule has 0 aliphatic carbocycles. The molecule has 3 aromatic rings. The van der Waals surface area contributed by atoms with Gasteiger partial charge in [-0.25, -0.2) is 9.37 Å². The third kappa shape index (κ3) is 5.70. The highest BCUT2D eigenvalue weighted by atomic mass is 35.5. The predicted molar refractivity (Wildman–Crippen MR) is 103 cm³/mol. The summed E-state index contributed by atoms with van der Waals surface area (Å²) in [6, 6.07) is 12.7. The molecule has 2 aromatic carbocycles. The molecule has 0 bridgehead atoms. The van der Waals surface area contributed by atoms with Gasteiger partial charge in [0.1, 0.15) is 18.2 Å². The van der Waals surface area contributed by atoms with Crippen LogP contribution in [0.1, 0.15) is 12.7 Å². The van der Waals surface area contributed by atoms with Gasteiger partial charge < -0.3 is 10.1 Å². The number of nitrogens with zero attached hydrogens (tertiary/aromatic N) is 2. The maximum absolute atomic E-state index is 13.2. The summed E-state index contributed by atoms with van der Waals surface area (Å²) in [6.07, 6.45) is 0. The summed E-state index contributed by atoms with van der Waals surface area (Å²) in [5.41, 5.74) is 0.402. The molecule has 9 heteroatoms. The number of anilines is 1. The molecule has 6 nitrogen and oxygen atoms in total. The van der Waals surface area contributed by atoms with Crippen LogP contribution in [-0.4, -0.2) is 26.3 Å². The number of carbonyl (C=O) groups excluding carboxylic acids is 1. The molecule has 1 amide bonds. The highest BCUT2D eigenvalue weighted by molar-refractivity contribution is 8.00. The molecule has 0 spiro atoms. The molecule has 0 aliphatic rings. The van der Waals surface area contributed by atoms with Gasteiger partial charge in [0.05, 0.1) is 5.25 Å². The number of amides is 1. The summed E-state index contributed by atoms with van der Waals surface area (Å²) < 4.78 is 18.8. The quantitative estimate of drug-likeness (QED) is 0.572. The molecule has 27 heavy (non-hydrogen) atoms. The molecule has 3 rings (SSSR count). The van der Waals surface area contributed by atoms with Crippen molar-refractivity contribution in [2.75, 3.05) is 5.32 Å². The second kappa shape index (κ2) is 8.88. The van der Waals surface area contributed by atoms with Crippen molar-refractivity contribution in [1.82, 2.24) is 15.2 Å². The van der Waals surface area contributed by atoms with Crippen molar-refractivity contribution in [3.8, 4) is 5.75 Å². The Balaban J connectivity index is 1.51. The normalized spacial score (nSPS) is 11.8. The molecule has 2 N–H and O–H groups in total. The number of hydrogen-bond acceptors (Lipinski definition) is 5. The number of hydrogen-bond donors (Lipinski definition) is 2. The van der Waals surface area contributed by atoms with E-state index >= 15 is 0 Å². The van der Waals surface area contributed by atoms with Crippen LogP contribution in [0.15, 0.2) is 53.7 Å². The second-order valence-corrected chi connectivity index (χ2v) is 7.31. The Morgan fingerprint density at radius 1 is 1.33 bits per heavy atom. The van der Waals surface area contributed by atoms with E-state index in [-0.39, 0.29) is 12.5 Å². The number of ether oxygens (including phenoxy) is 1. The molecule has 1 aromatic heterocycles. The van der Waals surface area contributed by atoms with E-state index < -0.39 is 11.1 Å². The SMILES string of the molecule is CC(Sc1n[nH]c(COc2ccc(Cl)cc2)n1)C(=O)Nc1cccc(F)c1. The largest absolute Gasteiger partial charge is 0.486 e. The molecule has 1 unspecified atom stereocenters.